The van der Waals surface area contributed by atoms with E-state index >= 15 is 0 Å². The molecule has 1 aliphatic heterocycles. The predicted molar refractivity (Wildman–Crippen MR) is 143 cm³/mol. The average molecular weight is 492 g/mol. The molecule has 1 aliphatic rings. The molecular weight excluding hydrogens is 466 g/mol. The van der Waals surface area contributed by atoms with Crippen LogP contribution in [0.5, 0.6) is 11.5 Å². The number of carbonyl (C=O) groups excluding carboxylic acids is 1. The molecular formula is C29H25N5O3. The van der Waals surface area contributed by atoms with Crippen LogP contribution in [0.25, 0.3) is 16.9 Å². The van der Waals surface area contributed by atoms with Crippen LogP contribution in [0, 0.1) is 0 Å². The Kier molecular flexibility index (Phi) is 5.69. The number of hydrogen-bond acceptors (Lipinski definition) is 6. The molecule has 1 N–H and O–H groups in total. The van der Waals surface area contributed by atoms with Crippen LogP contribution < -0.4 is 19.7 Å². The van der Waals surface area contributed by atoms with E-state index < -0.39 is 0 Å². The normalized spacial score (nSPS) is 12.4. The first-order chi connectivity index (χ1) is 18.1. The number of methoxy groups -OCH3 is 2. The molecule has 0 saturated carbocycles. The monoisotopic (exact) mass is 491 g/mol. The van der Waals surface area contributed by atoms with E-state index in [1.54, 1.807) is 20.4 Å². The summed E-state index contributed by atoms with van der Waals surface area (Å²) in [5.74, 6) is 1.82. The Balaban J connectivity index is 1.35. The largest absolute Gasteiger partial charge is 0.493 e. The molecule has 6 rings (SSSR count). The zero-order valence-electron chi connectivity index (χ0n) is 20.5. The van der Waals surface area contributed by atoms with Gasteiger partial charge >= 0.3 is 0 Å². The molecule has 0 unspecified atom stereocenters. The summed E-state index contributed by atoms with van der Waals surface area (Å²) in [5, 5.41) is 3.36. The number of amides is 1. The molecule has 0 spiro atoms. The number of para-hydroxylation sites is 1. The maximum Gasteiger partial charge on any atom is 0.258 e. The molecule has 0 aliphatic carbocycles. The maximum atomic E-state index is 13.4. The molecule has 3 aromatic carbocycles. The van der Waals surface area contributed by atoms with Gasteiger partial charge in [-0.15, -0.1) is 0 Å². The summed E-state index contributed by atoms with van der Waals surface area (Å²) in [4.78, 5) is 24.6. The third-order valence-corrected chi connectivity index (χ3v) is 6.56. The molecule has 0 saturated heterocycles. The number of anilines is 3. The highest BCUT2D eigenvalue weighted by Crippen LogP contribution is 2.33. The standard InChI is InChI=1S/C29H25N5O3/c1-36-25-11-10-22(17-26(25)37-2)31-27-28-30-13-15-33(28)18-23(32-27)20-7-5-8-21(16-20)29(35)34-14-12-19-6-3-4-9-24(19)34/h3-11,13,15-18H,12,14H2,1-2H3,(H,31,32). The molecule has 0 atom stereocenters. The zero-order chi connectivity index (χ0) is 25.4. The van der Waals surface area contributed by atoms with Crippen molar-refractivity contribution in [3.8, 4) is 22.8 Å². The van der Waals surface area contributed by atoms with E-state index in [-0.39, 0.29) is 5.91 Å². The van der Waals surface area contributed by atoms with E-state index in [0.29, 0.717) is 40.8 Å². The van der Waals surface area contributed by atoms with Gasteiger partial charge in [0.25, 0.3) is 5.91 Å². The van der Waals surface area contributed by atoms with Crippen molar-refractivity contribution in [2.75, 3.05) is 31.0 Å². The second-order valence-corrected chi connectivity index (χ2v) is 8.74. The van der Waals surface area contributed by atoms with Gasteiger partial charge in [-0.05, 0) is 42.3 Å². The van der Waals surface area contributed by atoms with Gasteiger partial charge in [-0.3, -0.25) is 4.79 Å². The highest BCUT2D eigenvalue weighted by atomic mass is 16.5. The lowest BCUT2D eigenvalue weighted by molar-refractivity contribution is 0.0989. The molecule has 0 radical (unpaired) electrons. The van der Waals surface area contributed by atoms with Crippen LogP contribution in [0.4, 0.5) is 17.2 Å². The van der Waals surface area contributed by atoms with Gasteiger partial charge in [-0.25, -0.2) is 9.97 Å². The Morgan fingerprint density at radius 1 is 0.973 bits per heavy atom. The number of carbonyl (C=O) groups is 1. The summed E-state index contributed by atoms with van der Waals surface area (Å²) < 4.78 is 12.7. The lowest BCUT2D eigenvalue weighted by atomic mass is 10.1. The van der Waals surface area contributed by atoms with Gasteiger partial charge < -0.3 is 24.1 Å². The van der Waals surface area contributed by atoms with Gasteiger partial charge in [0.05, 0.1) is 19.9 Å². The minimum Gasteiger partial charge on any atom is -0.493 e. The van der Waals surface area contributed by atoms with Crippen LogP contribution in [-0.4, -0.2) is 41.0 Å². The van der Waals surface area contributed by atoms with Gasteiger partial charge in [0, 0.05) is 53.7 Å². The Labute approximate surface area is 214 Å². The Morgan fingerprint density at radius 2 is 1.84 bits per heavy atom. The van der Waals surface area contributed by atoms with Crippen molar-refractivity contribution in [1.29, 1.82) is 0 Å². The van der Waals surface area contributed by atoms with Crippen LogP contribution in [0.2, 0.25) is 0 Å². The van der Waals surface area contributed by atoms with Crippen LogP contribution in [0.3, 0.4) is 0 Å². The third-order valence-electron chi connectivity index (χ3n) is 6.56. The number of hydrogen-bond donors (Lipinski definition) is 1. The predicted octanol–water partition coefficient (Wildman–Crippen LogP) is 5.36. The summed E-state index contributed by atoms with van der Waals surface area (Å²) in [6, 6.07) is 21.2. The van der Waals surface area contributed by atoms with Gasteiger partial charge in [0.1, 0.15) is 0 Å². The number of imidazole rings is 1. The highest BCUT2D eigenvalue weighted by Gasteiger charge is 2.25. The van der Waals surface area contributed by atoms with Crippen LogP contribution in [0.1, 0.15) is 15.9 Å². The molecule has 8 nitrogen and oxygen atoms in total. The molecule has 5 aromatic rings. The van der Waals surface area contributed by atoms with E-state index in [9.17, 15) is 4.79 Å². The Morgan fingerprint density at radius 3 is 2.70 bits per heavy atom. The summed E-state index contributed by atoms with van der Waals surface area (Å²) in [5.41, 5.74) is 5.82. The molecule has 0 bridgehead atoms. The number of rotatable bonds is 6. The Bertz CT molecular complexity index is 1630. The van der Waals surface area contributed by atoms with E-state index in [4.69, 9.17) is 14.5 Å². The van der Waals surface area contributed by atoms with Crippen molar-refractivity contribution in [2.24, 2.45) is 0 Å². The number of ether oxygens (including phenoxy) is 2. The zero-order valence-corrected chi connectivity index (χ0v) is 20.5. The van der Waals surface area contributed by atoms with Crippen molar-refractivity contribution in [3.05, 3.63) is 96.4 Å². The van der Waals surface area contributed by atoms with Gasteiger partial charge in [0.15, 0.2) is 23.0 Å². The van der Waals surface area contributed by atoms with E-state index in [0.717, 1.165) is 23.4 Å². The van der Waals surface area contributed by atoms with Crippen molar-refractivity contribution >= 4 is 28.7 Å². The van der Waals surface area contributed by atoms with Crippen molar-refractivity contribution < 1.29 is 14.3 Å². The summed E-state index contributed by atoms with van der Waals surface area (Å²) in [7, 11) is 3.20. The maximum absolute atomic E-state index is 13.4. The molecule has 2 aromatic heterocycles. The lowest BCUT2D eigenvalue weighted by Gasteiger charge is -2.18. The number of fused-ring (bicyclic) bond motifs is 2. The number of nitrogens with one attached hydrogen (secondary N) is 1. The highest BCUT2D eigenvalue weighted by molar-refractivity contribution is 6.07. The van der Waals surface area contributed by atoms with Crippen molar-refractivity contribution in [3.63, 3.8) is 0 Å². The topological polar surface area (TPSA) is 81.0 Å². The van der Waals surface area contributed by atoms with Gasteiger partial charge in [-0.1, -0.05) is 30.3 Å². The number of aromatic nitrogens is 3. The first-order valence-corrected chi connectivity index (χ1v) is 12.0. The summed E-state index contributed by atoms with van der Waals surface area (Å²) in [6.07, 6.45) is 6.38. The third kappa shape index (κ3) is 4.12. The minimum absolute atomic E-state index is 0.0146. The molecule has 8 heteroatoms. The Hall–Kier alpha value is -4.85. The molecule has 37 heavy (non-hydrogen) atoms. The number of benzene rings is 3. The molecule has 1 amide bonds. The summed E-state index contributed by atoms with van der Waals surface area (Å²) in [6.45, 7) is 0.682. The van der Waals surface area contributed by atoms with Gasteiger partial charge in [0.2, 0.25) is 0 Å². The van der Waals surface area contributed by atoms with Crippen LogP contribution in [0.15, 0.2) is 85.3 Å². The average Bonchev–Trinajstić information content (AvgIpc) is 3.60. The second-order valence-electron chi connectivity index (χ2n) is 8.74. The molecule has 184 valence electrons. The first kappa shape index (κ1) is 22.6. The SMILES string of the molecule is COc1ccc(Nc2nc(-c3cccc(C(=O)N4CCc5ccccc54)c3)cn3ccnc23)cc1OC. The van der Waals surface area contributed by atoms with E-state index in [1.165, 1.54) is 5.56 Å². The van der Waals surface area contributed by atoms with E-state index in [2.05, 4.69) is 16.4 Å². The van der Waals surface area contributed by atoms with Gasteiger partial charge in [-0.2, -0.15) is 0 Å². The molecule has 3 heterocycles. The lowest BCUT2D eigenvalue weighted by Crippen LogP contribution is -2.28. The quantitative estimate of drug-likeness (QED) is 0.344. The minimum atomic E-state index is -0.0146. The fourth-order valence-corrected chi connectivity index (χ4v) is 4.72. The van der Waals surface area contributed by atoms with Crippen LogP contribution >= 0.6 is 0 Å². The van der Waals surface area contributed by atoms with Crippen LogP contribution in [-0.2, 0) is 6.42 Å². The smallest absolute Gasteiger partial charge is 0.258 e. The van der Waals surface area contributed by atoms with Crippen molar-refractivity contribution in [1.82, 2.24) is 14.4 Å². The fourth-order valence-electron chi connectivity index (χ4n) is 4.72. The fraction of sp³-hybridized carbons (Fsp3) is 0.138. The first-order valence-electron chi connectivity index (χ1n) is 12.0. The summed E-state index contributed by atoms with van der Waals surface area (Å²) >= 11 is 0. The molecule has 0 fully saturated rings. The van der Waals surface area contributed by atoms with E-state index in [1.807, 2.05) is 82.4 Å². The number of nitrogens with zero attached hydrogens (tertiary/aromatic N) is 4. The van der Waals surface area contributed by atoms with Crippen molar-refractivity contribution in [2.45, 2.75) is 6.42 Å². The second kappa shape index (κ2) is 9.31.